The number of pyridine rings is 1. The summed E-state index contributed by atoms with van der Waals surface area (Å²) in [7, 11) is 0. The molecule has 0 saturated heterocycles. The van der Waals surface area contributed by atoms with Crippen LogP contribution in [0.4, 0.5) is 17.2 Å². The lowest BCUT2D eigenvalue weighted by molar-refractivity contribution is 1.03. The van der Waals surface area contributed by atoms with Crippen molar-refractivity contribution in [2.24, 2.45) is 0 Å². The zero-order chi connectivity index (χ0) is 16.4. The van der Waals surface area contributed by atoms with Crippen LogP contribution in [-0.4, -0.2) is 15.0 Å². The van der Waals surface area contributed by atoms with Crippen molar-refractivity contribution in [2.45, 2.75) is 29.8 Å². The van der Waals surface area contributed by atoms with E-state index in [9.17, 15) is 0 Å². The molecule has 0 amide bonds. The summed E-state index contributed by atoms with van der Waals surface area (Å²) < 4.78 is 0. The Morgan fingerprint density at radius 1 is 1.04 bits per heavy atom. The normalized spacial score (nSPS) is 12.0. The third-order valence-electron chi connectivity index (χ3n) is 3.84. The predicted molar refractivity (Wildman–Crippen MR) is 96.8 cm³/mol. The van der Waals surface area contributed by atoms with E-state index in [1.807, 2.05) is 12.3 Å². The van der Waals surface area contributed by atoms with E-state index in [1.54, 1.807) is 24.2 Å². The molecule has 1 aliphatic heterocycles. The first-order valence-electron chi connectivity index (χ1n) is 7.89. The molecule has 3 aromatic rings. The fourth-order valence-electron chi connectivity index (χ4n) is 2.58. The molecule has 2 N–H and O–H groups in total. The summed E-state index contributed by atoms with van der Waals surface area (Å²) in [6, 6.07) is 10.5. The fraction of sp³-hybridized carbons (Fsp3) is 0.167. The van der Waals surface area contributed by atoms with E-state index >= 15 is 0 Å². The molecule has 120 valence electrons. The van der Waals surface area contributed by atoms with Gasteiger partial charge >= 0.3 is 0 Å². The van der Waals surface area contributed by atoms with Gasteiger partial charge in [-0.1, -0.05) is 24.8 Å². The third-order valence-corrected chi connectivity index (χ3v) is 4.91. The molecule has 0 spiro atoms. The molecule has 0 aliphatic carbocycles. The van der Waals surface area contributed by atoms with Gasteiger partial charge in [0.2, 0.25) is 0 Å². The first-order chi connectivity index (χ1) is 11.8. The molecule has 0 fully saturated rings. The number of hydrogen-bond acceptors (Lipinski definition) is 6. The van der Waals surface area contributed by atoms with Gasteiger partial charge in [0.25, 0.3) is 0 Å². The average Bonchev–Trinajstić information content (AvgIpc) is 2.64. The molecule has 2 aromatic heterocycles. The second-order valence-corrected chi connectivity index (χ2v) is 6.54. The van der Waals surface area contributed by atoms with E-state index in [0.717, 1.165) is 40.9 Å². The smallest absolute Gasteiger partial charge is 0.163 e. The molecule has 5 nitrogen and oxygen atoms in total. The van der Waals surface area contributed by atoms with Crippen molar-refractivity contribution in [1.29, 1.82) is 0 Å². The zero-order valence-electron chi connectivity index (χ0n) is 13.3. The van der Waals surface area contributed by atoms with Gasteiger partial charge in [0.15, 0.2) is 5.82 Å². The van der Waals surface area contributed by atoms with E-state index < -0.39 is 0 Å². The predicted octanol–water partition coefficient (Wildman–Crippen LogP) is 4.25. The molecule has 6 heteroatoms. The van der Waals surface area contributed by atoms with Crippen molar-refractivity contribution in [2.75, 3.05) is 10.6 Å². The molecule has 0 bridgehead atoms. The van der Waals surface area contributed by atoms with E-state index in [4.69, 9.17) is 0 Å². The van der Waals surface area contributed by atoms with Crippen LogP contribution in [0, 0.1) is 0 Å². The largest absolute Gasteiger partial charge is 0.381 e. The Balaban J connectivity index is 1.50. The second kappa shape index (κ2) is 6.49. The number of nitrogens with one attached hydrogen (secondary N) is 2. The van der Waals surface area contributed by atoms with Gasteiger partial charge in [-0.3, -0.25) is 4.98 Å². The maximum atomic E-state index is 4.35. The number of benzene rings is 1. The minimum atomic E-state index is 0.764. The van der Waals surface area contributed by atoms with Crippen LogP contribution in [0.3, 0.4) is 0 Å². The average molecular weight is 335 g/mol. The molecule has 4 rings (SSSR count). The Labute approximate surface area is 145 Å². The first-order valence-corrected chi connectivity index (χ1v) is 8.71. The van der Waals surface area contributed by atoms with Gasteiger partial charge in [0, 0.05) is 41.4 Å². The van der Waals surface area contributed by atoms with Crippen molar-refractivity contribution in [3.05, 3.63) is 60.2 Å². The Morgan fingerprint density at radius 3 is 2.88 bits per heavy atom. The molecule has 3 heterocycles. The molecule has 0 unspecified atom stereocenters. The highest BCUT2D eigenvalue weighted by atomic mass is 32.2. The van der Waals surface area contributed by atoms with Gasteiger partial charge in [-0.2, -0.15) is 0 Å². The van der Waals surface area contributed by atoms with Gasteiger partial charge in [-0.15, -0.1) is 0 Å². The number of aryl methyl sites for hydroxylation is 1. The van der Waals surface area contributed by atoms with E-state index in [2.05, 4.69) is 56.8 Å². The highest BCUT2D eigenvalue weighted by molar-refractivity contribution is 7.99. The van der Waals surface area contributed by atoms with Gasteiger partial charge in [-0.25, -0.2) is 9.97 Å². The second-order valence-electron chi connectivity index (χ2n) is 5.51. The molecular weight excluding hydrogens is 318 g/mol. The van der Waals surface area contributed by atoms with Crippen LogP contribution < -0.4 is 10.6 Å². The summed E-state index contributed by atoms with van der Waals surface area (Å²) in [4.78, 5) is 14.2. The number of anilines is 3. The lowest BCUT2D eigenvalue weighted by Crippen LogP contribution is -2.05. The van der Waals surface area contributed by atoms with E-state index in [-0.39, 0.29) is 0 Å². The maximum absolute atomic E-state index is 4.35. The SMILES string of the molecule is CCc1cc(NCc2ccc3c(c2)Nc2nccnc2S3)ccn1. The number of fused-ring (bicyclic) bond motifs is 2. The maximum Gasteiger partial charge on any atom is 0.163 e. The van der Waals surface area contributed by atoms with Crippen LogP contribution in [0.1, 0.15) is 18.2 Å². The fourth-order valence-corrected chi connectivity index (χ4v) is 3.46. The molecule has 24 heavy (non-hydrogen) atoms. The Hall–Kier alpha value is -2.60. The minimum absolute atomic E-state index is 0.764. The molecule has 0 saturated carbocycles. The van der Waals surface area contributed by atoms with Crippen LogP contribution in [0.15, 0.2) is 58.8 Å². The topological polar surface area (TPSA) is 62.7 Å². The van der Waals surface area contributed by atoms with Crippen LogP contribution in [0.2, 0.25) is 0 Å². The van der Waals surface area contributed by atoms with Crippen molar-refractivity contribution in [1.82, 2.24) is 15.0 Å². The number of aromatic nitrogens is 3. The van der Waals surface area contributed by atoms with Gasteiger partial charge in [0.05, 0.1) is 5.69 Å². The molecule has 0 atom stereocenters. The van der Waals surface area contributed by atoms with E-state index in [1.165, 1.54) is 10.5 Å². The standard InChI is InChI=1S/C18H17N5S/c1-2-13-10-14(5-6-19-13)22-11-12-3-4-16-15(9-12)23-17-18(24-16)21-8-7-20-17/h3-10H,2,11H2,1H3,(H,19,22)(H,20,23). The van der Waals surface area contributed by atoms with Crippen molar-refractivity contribution in [3.8, 4) is 0 Å². The Kier molecular flexibility index (Phi) is 4.04. The summed E-state index contributed by atoms with van der Waals surface area (Å²) in [6.07, 6.45) is 6.21. The van der Waals surface area contributed by atoms with Crippen molar-refractivity contribution >= 4 is 29.0 Å². The Morgan fingerprint density at radius 2 is 1.96 bits per heavy atom. The van der Waals surface area contributed by atoms with Crippen LogP contribution >= 0.6 is 11.8 Å². The molecule has 0 radical (unpaired) electrons. The highest BCUT2D eigenvalue weighted by Gasteiger charge is 2.17. The van der Waals surface area contributed by atoms with Gasteiger partial charge in [-0.05, 0) is 36.2 Å². The minimum Gasteiger partial charge on any atom is -0.381 e. The van der Waals surface area contributed by atoms with Gasteiger partial charge < -0.3 is 10.6 Å². The summed E-state index contributed by atoms with van der Waals surface area (Å²) >= 11 is 1.65. The summed E-state index contributed by atoms with van der Waals surface area (Å²) in [6.45, 7) is 2.87. The number of hydrogen-bond donors (Lipinski definition) is 2. The zero-order valence-corrected chi connectivity index (χ0v) is 14.1. The first kappa shape index (κ1) is 15.0. The van der Waals surface area contributed by atoms with Crippen LogP contribution in [0.25, 0.3) is 0 Å². The number of rotatable bonds is 4. The van der Waals surface area contributed by atoms with Crippen molar-refractivity contribution in [3.63, 3.8) is 0 Å². The summed E-state index contributed by atoms with van der Waals surface area (Å²) in [5, 5.41) is 7.74. The summed E-state index contributed by atoms with van der Waals surface area (Å²) in [5.41, 5.74) is 4.48. The molecule has 1 aromatic carbocycles. The quantitative estimate of drug-likeness (QED) is 0.581. The molecular formula is C18H17N5S. The highest BCUT2D eigenvalue weighted by Crippen LogP contribution is 2.42. The number of nitrogens with zero attached hydrogens (tertiary/aromatic N) is 3. The van der Waals surface area contributed by atoms with Crippen molar-refractivity contribution < 1.29 is 0 Å². The lowest BCUT2D eigenvalue weighted by Gasteiger charge is -2.19. The van der Waals surface area contributed by atoms with Crippen LogP contribution in [-0.2, 0) is 13.0 Å². The summed E-state index contributed by atoms with van der Waals surface area (Å²) in [5.74, 6) is 0.821. The molecule has 1 aliphatic rings. The van der Waals surface area contributed by atoms with Crippen LogP contribution in [0.5, 0.6) is 0 Å². The third kappa shape index (κ3) is 3.05. The Bertz CT molecular complexity index is 881. The van der Waals surface area contributed by atoms with E-state index in [0.29, 0.717) is 0 Å². The monoisotopic (exact) mass is 335 g/mol. The van der Waals surface area contributed by atoms with Gasteiger partial charge in [0.1, 0.15) is 5.03 Å². The lowest BCUT2D eigenvalue weighted by atomic mass is 10.2.